The number of imidazole rings is 1. The fourth-order valence-electron chi connectivity index (χ4n) is 10.2. The van der Waals surface area contributed by atoms with Crippen molar-refractivity contribution in [2.24, 2.45) is 5.92 Å². The number of hydrogen-bond donors (Lipinski definition) is 2. The highest BCUT2D eigenvalue weighted by Crippen LogP contribution is 2.36. The Kier molecular flexibility index (Phi) is 11.1. The number of aryl methyl sites for hydroxylation is 1. The Hall–Kier alpha value is -5.97. The molecule has 2 N–H and O–H groups in total. The maximum atomic E-state index is 14.3. The Morgan fingerprint density at radius 3 is 2.57 bits per heavy atom. The third-order valence-electron chi connectivity index (χ3n) is 13.5. The lowest BCUT2D eigenvalue weighted by molar-refractivity contribution is -0.135. The molecule has 330 valence electrons. The Morgan fingerprint density at radius 2 is 1.84 bits per heavy atom. The molecule has 2 bridgehead atoms. The van der Waals surface area contributed by atoms with Gasteiger partial charge in [0.1, 0.15) is 17.4 Å². The molecule has 1 aromatic carbocycles. The molecule has 5 aromatic rings. The first-order valence-corrected chi connectivity index (χ1v) is 22.0. The summed E-state index contributed by atoms with van der Waals surface area (Å²) < 4.78 is 40.6. The molecule has 0 spiro atoms. The number of aromatic nitrogens is 7. The molecule has 1 unspecified atom stereocenters. The number of anilines is 2. The van der Waals surface area contributed by atoms with Gasteiger partial charge >= 0.3 is 5.69 Å². The highest BCUT2D eigenvalue weighted by Gasteiger charge is 2.40. The summed E-state index contributed by atoms with van der Waals surface area (Å²) >= 11 is 0. The zero-order chi connectivity index (χ0) is 43.4. The van der Waals surface area contributed by atoms with Crippen molar-refractivity contribution < 1.29 is 27.9 Å². The fourth-order valence-corrected chi connectivity index (χ4v) is 10.2. The van der Waals surface area contributed by atoms with Gasteiger partial charge in [-0.05, 0) is 69.6 Å². The monoisotopic (exact) mass is 864 g/mol. The summed E-state index contributed by atoms with van der Waals surface area (Å²) in [6.07, 6.45) is 6.92. The molecule has 63 heavy (non-hydrogen) atoms. The van der Waals surface area contributed by atoms with Crippen LogP contribution in [-0.4, -0.2) is 126 Å². The first-order valence-electron chi connectivity index (χ1n) is 22.0. The predicted molar refractivity (Wildman–Crippen MR) is 228 cm³/mol. The van der Waals surface area contributed by atoms with Gasteiger partial charge in [-0.25, -0.2) is 23.1 Å². The Labute approximate surface area is 361 Å². The van der Waals surface area contributed by atoms with E-state index in [9.17, 15) is 28.0 Å². The minimum Gasteiger partial charge on any atom is -0.374 e. The molecule has 1 saturated carbocycles. The molecule has 0 radical (unpaired) electrons. The number of piperidine rings is 1. The molecule has 3 amide bonds. The lowest BCUT2D eigenvalue weighted by Crippen LogP contribution is -2.48. The van der Waals surface area contributed by atoms with Gasteiger partial charge in [0, 0.05) is 64.6 Å². The number of piperazine rings is 1. The van der Waals surface area contributed by atoms with Gasteiger partial charge in [0.05, 0.1) is 59.8 Å². The van der Waals surface area contributed by atoms with Crippen molar-refractivity contribution >= 4 is 45.9 Å². The van der Waals surface area contributed by atoms with E-state index in [0.717, 1.165) is 82.8 Å². The van der Waals surface area contributed by atoms with Crippen molar-refractivity contribution in [1.29, 1.82) is 0 Å². The van der Waals surface area contributed by atoms with E-state index in [4.69, 9.17) is 9.72 Å². The minimum absolute atomic E-state index is 0.00803. The van der Waals surface area contributed by atoms with Crippen molar-refractivity contribution in [2.45, 2.75) is 89.1 Å². The highest BCUT2D eigenvalue weighted by atomic mass is 19.3. The standard InChI is InChI=1S/C44H50F2N12O5/c1-2-54-39-28(5-3-7-34(39)58(44(54)62)35-12-13-37(59)50-43(35)61)6-4-15-52-17-19-53(20-18-52)23-27-8-10-29(11-9-27)57-25-33(38(51-57)40(45)46)48-42(60)32-22-47-56-16-14-36(49-41(32)56)55-24-31-21-30(55)26-63-31/h3,5,7,14,16,22,25,27,29-31,35,40H,2,8-13,15,17-21,23-24,26H2,1H3,(H,48,60)(H,50,59,61)/t27-,29-,30-,31-,35?/m1/s1. The molecule has 8 heterocycles. The van der Waals surface area contributed by atoms with E-state index in [1.807, 2.05) is 31.2 Å². The van der Waals surface area contributed by atoms with Gasteiger partial charge in [0.2, 0.25) is 11.8 Å². The van der Waals surface area contributed by atoms with E-state index in [1.165, 1.54) is 15.3 Å². The maximum absolute atomic E-state index is 14.3. The van der Waals surface area contributed by atoms with Crippen molar-refractivity contribution in [3.8, 4) is 11.8 Å². The third kappa shape index (κ3) is 7.88. The number of nitrogens with one attached hydrogen (secondary N) is 2. The number of para-hydroxylation sites is 1. The second kappa shape index (κ2) is 17.0. The van der Waals surface area contributed by atoms with Crippen LogP contribution in [0.15, 0.2) is 47.7 Å². The number of ether oxygens (including phenoxy) is 1. The van der Waals surface area contributed by atoms with E-state index in [0.29, 0.717) is 42.3 Å². The van der Waals surface area contributed by atoms with Crippen LogP contribution >= 0.6 is 0 Å². The Bertz CT molecular complexity index is 2700. The summed E-state index contributed by atoms with van der Waals surface area (Å²) in [5, 5.41) is 13.6. The molecule has 5 aliphatic rings. The van der Waals surface area contributed by atoms with Crippen LogP contribution in [-0.2, 0) is 20.9 Å². The van der Waals surface area contributed by atoms with Crippen LogP contribution in [0.2, 0.25) is 0 Å². The lowest BCUT2D eigenvalue weighted by Gasteiger charge is -2.37. The van der Waals surface area contributed by atoms with Crippen LogP contribution in [0.25, 0.3) is 16.7 Å². The second-order valence-corrected chi connectivity index (χ2v) is 17.4. The van der Waals surface area contributed by atoms with E-state index in [2.05, 4.69) is 47.4 Å². The number of hydrogen-bond acceptors (Lipinski definition) is 11. The molecule has 4 saturated heterocycles. The molecular formula is C44H50F2N12O5. The van der Waals surface area contributed by atoms with Crippen molar-refractivity contribution in [1.82, 2.24) is 48.6 Å². The SMILES string of the molecule is CCn1c(=O)n(C2CCC(=O)NC2=O)c2cccc(C#CCN3CCN(C[C@H]4CC[C@H](n5cc(NC(=O)c6cnn7ccc(N8C[C@H]9C[C@@H]8CO9)nc67)c(C(F)F)n5)CC4)CC3)c21. The summed E-state index contributed by atoms with van der Waals surface area (Å²) in [4.78, 5) is 63.3. The van der Waals surface area contributed by atoms with Gasteiger partial charge in [-0.2, -0.15) is 10.2 Å². The summed E-state index contributed by atoms with van der Waals surface area (Å²) in [5.41, 5.74) is 1.86. The van der Waals surface area contributed by atoms with Crippen LogP contribution in [0.5, 0.6) is 0 Å². The number of carbonyl (C=O) groups is 3. The average Bonchev–Trinajstić information content (AvgIpc) is 4.13. The molecule has 5 fully saturated rings. The normalized spacial score (nSPS) is 24.4. The number of amides is 3. The van der Waals surface area contributed by atoms with Gasteiger partial charge in [-0.3, -0.25) is 38.4 Å². The molecule has 17 nitrogen and oxygen atoms in total. The van der Waals surface area contributed by atoms with Crippen molar-refractivity contribution in [2.75, 3.05) is 62.6 Å². The number of halogens is 2. The molecule has 4 aliphatic heterocycles. The van der Waals surface area contributed by atoms with Gasteiger partial charge in [0.15, 0.2) is 11.3 Å². The van der Waals surface area contributed by atoms with Crippen molar-refractivity contribution in [3.05, 3.63) is 70.2 Å². The summed E-state index contributed by atoms with van der Waals surface area (Å²) in [5.74, 6) is 6.48. The third-order valence-corrected chi connectivity index (χ3v) is 13.5. The maximum Gasteiger partial charge on any atom is 0.329 e. The summed E-state index contributed by atoms with van der Waals surface area (Å²) in [7, 11) is 0. The molecule has 1 aliphatic carbocycles. The number of imide groups is 1. The molecule has 4 aromatic heterocycles. The minimum atomic E-state index is -2.86. The molecule has 3 atom stereocenters. The van der Waals surface area contributed by atoms with E-state index >= 15 is 0 Å². The van der Waals surface area contributed by atoms with E-state index in [-0.39, 0.29) is 53.9 Å². The summed E-state index contributed by atoms with van der Waals surface area (Å²) in [6.45, 7) is 8.82. The highest BCUT2D eigenvalue weighted by molar-refractivity contribution is 6.08. The first-order chi connectivity index (χ1) is 30.6. The molecular weight excluding hydrogens is 815 g/mol. The summed E-state index contributed by atoms with van der Waals surface area (Å²) in [6, 6.07) is 6.88. The quantitative estimate of drug-likeness (QED) is 0.156. The lowest BCUT2D eigenvalue weighted by atomic mass is 9.85. The van der Waals surface area contributed by atoms with Crippen LogP contribution in [0.1, 0.15) is 92.0 Å². The van der Waals surface area contributed by atoms with Crippen LogP contribution < -0.4 is 21.2 Å². The number of nitrogens with zero attached hydrogens (tertiary/aromatic N) is 10. The Morgan fingerprint density at radius 1 is 1.03 bits per heavy atom. The smallest absolute Gasteiger partial charge is 0.329 e. The van der Waals surface area contributed by atoms with Gasteiger partial charge in [-0.15, -0.1) is 0 Å². The van der Waals surface area contributed by atoms with Crippen LogP contribution in [0, 0.1) is 17.8 Å². The number of rotatable bonds is 10. The fraction of sp³-hybridized carbons (Fsp3) is 0.523. The number of alkyl halides is 2. The van der Waals surface area contributed by atoms with Gasteiger partial charge < -0.3 is 19.9 Å². The zero-order valence-electron chi connectivity index (χ0n) is 35.1. The van der Waals surface area contributed by atoms with Gasteiger partial charge in [0.25, 0.3) is 12.3 Å². The van der Waals surface area contributed by atoms with Crippen molar-refractivity contribution in [3.63, 3.8) is 0 Å². The van der Waals surface area contributed by atoms with Crippen LogP contribution in [0.4, 0.5) is 20.3 Å². The number of morpholine rings is 1. The topological polar surface area (TPSA) is 169 Å². The second-order valence-electron chi connectivity index (χ2n) is 17.4. The first kappa shape index (κ1) is 41.1. The van der Waals surface area contributed by atoms with E-state index < -0.39 is 30.0 Å². The zero-order valence-corrected chi connectivity index (χ0v) is 35.1. The molecule has 19 heteroatoms. The van der Waals surface area contributed by atoms with Gasteiger partial charge in [-0.1, -0.05) is 17.9 Å². The average molecular weight is 865 g/mol. The van der Waals surface area contributed by atoms with E-state index in [1.54, 1.807) is 21.6 Å². The molecule has 10 rings (SSSR count). The number of carbonyl (C=O) groups excluding carboxylic acids is 3. The largest absolute Gasteiger partial charge is 0.374 e. The van der Waals surface area contributed by atoms with Crippen LogP contribution in [0.3, 0.4) is 0 Å². The number of benzene rings is 1. The Balaban J connectivity index is 0.723. The predicted octanol–water partition coefficient (Wildman–Crippen LogP) is 3.61. The number of fused-ring (bicyclic) bond motifs is 4.